The predicted octanol–water partition coefficient (Wildman–Crippen LogP) is 4.29. The second-order valence-electron chi connectivity index (χ2n) is 6.83. The van der Waals surface area contributed by atoms with Gasteiger partial charge in [-0.1, -0.05) is 37.1 Å². The number of aromatic nitrogens is 1. The molecule has 110 valence electrons. The maximum Gasteiger partial charge on any atom is 0.0746 e. The van der Waals surface area contributed by atoms with Crippen LogP contribution in [0, 0.1) is 11.8 Å². The second-order valence-corrected chi connectivity index (χ2v) is 6.83. The van der Waals surface area contributed by atoms with Crippen LogP contribution < -0.4 is 5.32 Å². The van der Waals surface area contributed by atoms with Crippen LogP contribution in [-0.2, 0) is 6.54 Å². The first-order valence-corrected chi connectivity index (χ1v) is 8.46. The minimum absolute atomic E-state index is 0.711. The quantitative estimate of drug-likeness (QED) is 0.903. The molecule has 2 nitrogen and oxygen atoms in total. The van der Waals surface area contributed by atoms with Gasteiger partial charge in [0.1, 0.15) is 0 Å². The van der Waals surface area contributed by atoms with Crippen LogP contribution in [0.1, 0.15) is 44.1 Å². The Morgan fingerprint density at radius 2 is 1.90 bits per heavy atom. The summed E-state index contributed by atoms with van der Waals surface area (Å²) in [5.41, 5.74) is 2.49. The molecule has 2 aromatic rings. The van der Waals surface area contributed by atoms with Crippen molar-refractivity contribution in [2.45, 2.75) is 51.1 Å². The molecule has 0 bridgehead atoms. The number of hydrogen-bond acceptors (Lipinski definition) is 2. The van der Waals surface area contributed by atoms with Gasteiger partial charge in [0.25, 0.3) is 0 Å². The number of rotatable bonds is 4. The van der Waals surface area contributed by atoms with E-state index in [0.717, 1.165) is 23.9 Å². The molecular formula is C19H24N2. The maximum atomic E-state index is 4.56. The Hall–Kier alpha value is -1.41. The van der Waals surface area contributed by atoms with Crippen LogP contribution in [0.25, 0.3) is 10.9 Å². The first kappa shape index (κ1) is 13.3. The molecule has 2 unspecified atom stereocenters. The molecule has 0 saturated heterocycles. The Morgan fingerprint density at radius 1 is 1.00 bits per heavy atom. The van der Waals surface area contributed by atoms with Gasteiger partial charge in [-0.3, -0.25) is 4.98 Å². The second kappa shape index (κ2) is 5.76. The lowest BCUT2D eigenvalue weighted by Crippen LogP contribution is -2.34. The molecule has 1 heterocycles. The van der Waals surface area contributed by atoms with Crippen molar-refractivity contribution in [2.24, 2.45) is 11.8 Å². The van der Waals surface area contributed by atoms with Gasteiger partial charge >= 0.3 is 0 Å². The van der Waals surface area contributed by atoms with Crippen LogP contribution in [0.5, 0.6) is 0 Å². The number of benzene rings is 1. The standard InChI is InChI=1S/C19H24N2/c1-4-15-7-3-11-20-19(15)17(6-1)13-21-18-8-2-5-16(12-18)14-9-10-14/h1,3-4,6-7,11,14,16,18,21H,2,5,8-10,12-13H2. The molecule has 0 amide bonds. The van der Waals surface area contributed by atoms with Crippen molar-refractivity contribution in [1.82, 2.24) is 10.3 Å². The number of nitrogens with zero attached hydrogens (tertiary/aromatic N) is 1. The van der Waals surface area contributed by atoms with Crippen molar-refractivity contribution in [1.29, 1.82) is 0 Å². The van der Waals surface area contributed by atoms with Crippen LogP contribution in [-0.4, -0.2) is 11.0 Å². The summed E-state index contributed by atoms with van der Waals surface area (Å²) >= 11 is 0. The molecule has 2 aliphatic carbocycles. The lowest BCUT2D eigenvalue weighted by Gasteiger charge is -2.30. The number of pyridine rings is 1. The Kier molecular flexibility index (Phi) is 3.64. The van der Waals surface area contributed by atoms with Gasteiger partial charge in [-0.25, -0.2) is 0 Å². The summed E-state index contributed by atoms with van der Waals surface area (Å²) in [6.45, 7) is 0.955. The Balaban J connectivity index is 1.43. The summed E-state index contributed by atoms with van der Waals surface area (Å²) in [6, 6.07) is 11.4. The van der Waals surface area contributed by atoms with E-state index in [1.807, 2.05) is 12.3 Å². The van der Waals surface area contributed by atoms with Crippen LogP contribution >= 0.6 is 0 Å². The molecule has 2 atom stereocenters. The molecule has 2 aliphatic rings. The van der Waals surface area contributed by atoms with E-state index in [1.165, 1.54) is 49.5 Å². The molecule has 1 N–H and O–H groups in total. The van der Waals surface area contributed by atoms with Crippen molar-refractivity contribution in [2.75, 3.05) is 0 Å². The number of nitrogens with one attached hydrogen (secondary N) is 1. The third-order valence-electron chi connectivity index (χ3n) is 5.30. The summed E-state index contributed by atoms with van der Waals surface area (Å²) in [4.78, 5) is 4.56. The largest absolute Gasteiger partial charge is 0.310 e. The fourth-order valence-corrected chi connectivity index (χ4v) is 3.97. The van der Waals surface area contributed by atoms with Gasteiger partial charge in [0.15, 0.2) is 0 Å². The minimum atomic E-state index is 0.711. The molecule has 4 rings (SSSR count). The molecule has 2 fully saturated rings. The van der Waals surface area contributed by atoms with Crippen molar-refractivity contribution in [3.63, 3.8) is 0 Å². The van der Waals surface area contributed by atoms with Crippen molar-refractivity contribution in [3.05, 3.63) is 42.1 Å². The van der Waals surface area contributed by atoms with E-state index in [-0.39, 0.29) is 0 Å². The first-order valence-electron chi connectivity index (χ1n) is 8.46. The van der Waals surface area contributed by atoms with E-state index in [2.05, 4.69) is 34.6 Å². The Morgan fingerprint density at radius 3 is 2.81 bits per heavy atom. The smallest absolute Gasteiger partial charge is 0.0746 e. The zero-order chi connectivity index (χ0) is 14.1. The zero-order valence-electron chi connectivity index (χ0n) is 12.6. The molecule has 1 aromatic heterocycles. The van der Waals surface area contributed by atoms with Crippen LogP contribution in [0.2, 0.25) is 0 Å². The third-order valence-corrected chi connectivity index (χ3v) is 5.30. The van der Waals surface area contributed by atoms with Crippen LogP contribution in [0.4, 0.5) is 0 Å². The summed E-state index contributed by atoms with van der Waals surface area (Å²) < 4.78 is 0. The van der Waals surface area contributed by atoms with E-state index in [4.69, 9.17) is 0 Å². The van der Waals surface area contributed by atoms with Gasteiger partial charge in [0.2, 0.25) is 0 Å². The average molecular weight is 280 g/mol. The van der Waals surface area contributed by atoms with E-state index >= 15 is 0 Å². The monoisotopic (exact) mass is 280 g/mol. The molecule has 2 saturated carbocycles. The highest BCUT2D eigenvalue weighted by atomic mass is 14.9. The SMILES string of the molecule is c1cnc2c(CNC3CCCC(C4CC4)C3)cccc2c1. The summed E-state index contributed by atoms with van der Waals surface area (Å²) in [7, 11) is 0. The average Bonchev–Trinajstić information content (AvgIpc) is 3.38. The molecule has 1 aromatic carbocycles. The minimum Gasteiger partial charge on any atom is -0.310 e. The summed E-state index contributed by atoms with van der Waals surface area (Å²) in [5.74, 6) is 2.07. The predicted molar refractivity (Wildman–Crippen MR) is 87.1 cm³/mol. The van der Waals surface area contributed by atoms with Gasteiger partial charge < -0.3 is 5.32 Å². The number of fused-ring (bicyclic) bond motifs is 1. The van der Waals surface area contributed by atoms with Crippen molar-refractivity contribution < 1.29 is 0 Å². The lowest BCUT2D eigenvalue weighted by atomic mass is 9.82. The molecule has 0 radical (unpaired) electrons. The van der Waals surface area contributed by atoms with E-state index < -0.39 is 0 Å². The maximum absolute atomic E-state index is 4.56. The lowest BCUT2D eigenvalue weighted by molar-refractivity contribution is 0.260. The van der Waals surface area contributed by atoms with Gasteiger partial charge in [0, 0.05) is 24.2 Å². The normalized spacial score (nSPS) is 26.1. The van der Waals surface area contributed by atoms with Crippen molar-refractivity contribution in [3.8, 4) is 0 Å². The van der Waals surface area contributed by atoms with Gasteiger partial charge in [-0.15, -0.1) is 0 Å². The highest BCUT2D eigenvalue weighted by Gasteiger charge is 2.34. The molecule has 0 spiro atoms. The molecule has 21 heavy (non-hydrogen) atoms. The van der Waals surface area contributed by atoms with E-state index in [0.29, 0.717) is 6.04 Å². The van der Waals surface area contributed by atoms with Crippen molar-refractivity contribution >= 4 is 10.9 Å². The van der Waals surface area contributed by atoms with Crippen LogP contribution in [0.3, 0.4) is 0 Å². The first-order chi connectivity index (χ1) is 10.4. The topological polar surface area (TPSA) is 24.9 Å². The molecular weight excluding hydrogens is 256 g/mol. The summed E-state index contributed by atoms with van der Waals surface area (Å²) in [6.07, 6.45) is 10.5. The van der Waals surface area contributed by atoms with E-state index in [1.54, 1.807) is 0 Å². The number of hydrogen-bond donors (Lipinski definition) is 1. The fraction of sp³-hybridized carbons (Fsp3) is 0.526. The third kappa shape index (κ3) is 2.96. The molecule has 0 aliphatic heterocycles. The Bertz CT molecular complexity index is 612. The molecule has 2 heteroatoms. The van der Waals surface area contributed by atoms with Gasteiger partial charge in [0.05, 0.1) is 5.52 Å². The highest BCUT2D eigenvalue weighted by molar-refractivity contribution is 5.81. The highest BCUT2D eigenvalue weighted by Crippen LogP contribution is 2.43. The summed E-state index contributed by atoms with van der Waals surface area (Å²) in [5, 5.41) is 5.05. The Labute approximate surface area is 127 Å². The zero-order valence-corrected chi connectivity index (χ0v) is 12.6. The van der Waals surface area contributed by atoms with Crippen LogP contribution in [0.15, 0.2) is 36.5 Å². The number of para-hydroxylation sites is 1. The van der Waals surface area contributed by atoms with Gasteiger partial charge in [-0.2, -0.15) is 0 Å². The van der Waals surface area contributed by atoms with Gasteiger partial charge in [-0.05, 0) is 49.1 Å². The fourth-order valence-electron chi connectivity index (χ4n) is 3.97. The van der Waals surface area contributed by atoms with E-state index in [9.17, 15) is 0 Å².